The molecule has 0 aliphatic carbocycles. The summed E-state index contributed by atoms with van der Waals surface area (Å²) in [4.78, 5) is 11.1. The van der Waals surface area contributed by atoms with E-state index in [1.165, 1.54) is 12.1 Å². The summed E-state index contributed by atoms with van der Waals surface area (Å²) in [6, 6.07) is 4.10. The molecular weight excluding hydrogens is 211 g/mol. The molecule has 2 rings (SSSR count). The van der Waals surface area contributed by atoms with Crippen molar-refractivity contribution in [3.63, 3.8) is 0 Å². The molecule has 1 fully saturated rings. The first-order chi connectivity index (χ1) is 7.58. The molecule has 1 saturated heterocycles. The van der Waals surface area contributed by atoms with Gasteiger partial charge in [-0.25, -0.2) is 9.82 Å². The van der Waals surface area contributed by atoms with Crippen LogP contribution >= 0.6 is 0 Å². The molecule has 16 heavy (non-hydrogen) atoms. The molecule has 1 aromatic rings. The predicted octanol–water partition coefficient (Wildman–Crippen LogP) is 1.23. The predicted molar refractivity (Wildman–Crippen MR) is 55.9 cm³/mol. The Morgan fingerprint density at radius 3 is 2.88 bits per heavy atom. The highest BCUT2D eigenvalue weighted by Crippen LogP contribution is 2.28. The number of benzene rings is 1. The van der Waals surface area contributed by atoms with E-state index in [-0.39, 0.29) is 23.6 Å². The largest absolute Gasteiger partial charge is 0.505 e. The van der Waals surface area contributed by atoms with Crippen molar-refractivity contribution in [3.8, 4) is 5.75 Å². The Morgan fingerprint density at radius 2 is 2.25 bits per heavy atom. The number of hydrazine groups is 1. The fourth-order valence-corrected chi connectivity index (χ4v) is 1.89. The van der Waals surface area contributed by atoms with Crippen LogP contribution in [0.25, 0.3) is 0 Å². The summed E-state index contributed by atoms with van der Waals surface area (Å²) in [7, 11) is 0. The van der Waals surface area contributed by atoms with Crippen LogP contribution in [0, 0.1) is 11.7 Å². The van der Waals surface area contributed by atoms with Crippen molar-refractivity contribution in [2.45, 2.75) is 19.4 Å². The van der Waals surface area contributed by atoms with E-state index in [1.54, 1.807) is 6.07 Å². The van der Waals surface area contributed by atoms with Crippen LogP contribution in [-0.2, 0) is 4.79 Å². The molecule has 2 unspecified atom stereocenters. The molecule has 86 valence electrons. The van der Waals surface area contributed by atoms with Crippen molar-refractivity contribution in [3.05, 3.63) is 29.6 Å². The van der Waals surface area contributed by atoms with Crippen molar-refractivity contribution in [1.29, 1.82) is 0 Å². The van der Waals surface area contributed by atoms with Gasteiger partial charge in [-0.2, -0.15) is 0 Å². The monoisotopic (exact) mass is 224 g/mol. The van der Waals surface area contributed by atoms with Crippen LogP contribution in [0.1, 0.15) is 24.9 Å². The van der Waals surface area contributed by atoms with Crippen molar-refractivity contribution >= 4 is 5.91 Å². The number of aromatic hydroxyl groups is 1. The maximum absolute atomic E-state index is 13.2. The van der Waals surface area contributed by atoms with Crippen LogP contribution in [0.5, 0.6) is 5.75 Å². The van der Waals surface area contributed by atoms with Gasteiger partial charge in [0.15, 0.2) is 11.6 Å². The van der Waals surface area contributed by atoms with Crippen molar-refractivity contribution in [2.75, 3.05) is 0 Å². The maximum atomic E-state index is 13.2. The fourth-order valence-electron chi connectivity index (χ4n) is 1.89. The Balaban J connectivity index is 2.23. The molecule has 1 aliphatic heterocycles. The number of hydrogen-bond acceptors (Lipinski definition) is 3. The molecule has 0 spiro atoms. The number of hydrogen-bond donors (Lipinski definition) is 3. The molecule has 0 radical (unpaired) electrons. The molecule has 1 aliphatic rings. The highest BCUT2D eigenvalue weighted by atomic mass is 19.1. The molecule has 1 amide bonds. The van der Waals surface area contributed by atoms with Crippen molar-refractivity contribution < 1.29 is 14.3 Å². The van der Waals surface area contributed by atoms with Crippen molar-refractivity contribution in [1.82, 2.24) is 10.9 Å². The highest BCUT2D eigenvalue weighted by molar-refractivity contribution is 5.76. The molecule has 0 aromatic heterocycles. The third-order valence-electron chi connectivity index (χ3n) is 2.77. The van der Waals surface area contributed by atoms with Gasteiger partial charge in [-0.15, -0.1) is 0 Å². The molecule has 2 atom stereocenters. The van der Waals surface area contributed by atoms with Gasteiger partial charge in [0.05, 0.1) is 6.04 Å². The summed E-state index contributed by atoms with van der Waals surface area (Å²) >= 11 is 0. The second kappa shape index (κ2) is 4.09. The molecule has 0 bridgehead atoms. The van der Waals surface area contributed by atoms with E-state index in [0.29, 0.717) is 12.0 Å². The average molecular weight is 224 g/mol. The summed E-state index contributed by atoms with van der Waals surface area (Å²) in [5.41, 5.74) is 6.07. The van der Waals surface area contributed by atoms with Crippen LogP contribution in [0.15, 0.2) is 18.2 Å². The van der Waals surface area contributed by atoms with E-state index in [2.05, 4.69) is 10.9 Å². The fraction of sp³-hybridized carbons (Fsp3) is 0.364. The Labute approximate surface area is 92.4 Å². The number of halogens is 1. The van der Waals surface area contributed by atoms with Crippen LogP contribution in [0.2, 0.25) is 0 Å². The number of phenolic OH excluding ortho intramolecular Hbond substituents is 1. The van der Waals surface area contributed by atoms with E-state index in [0.717, 1.165) is 0 Å². The van der Waals surface area contributed by atoms with Crippen molar-refractivity contribution in [2.24, 2.45) is 5.92 Å². The molecule has 3 N–H and O–H groups in total. The molecular formula is C11H13FN2O2. The summed E-state index contributed by atoms with van der Waals surface area (Å²) in [5, 5.41) is 9.08. The van der Waals surface area contributed by atoms with E-state index in [1.807, 2.05) is 6.92 Å². The van der Waals surface area contributed by atoms with E-state index in [9.17, 15) is 9.18 Å². The first kappa shape index (κ1) is 10.9. The SMILES string of the molecule is CC1CC(=O)NNC1c1ccc(O)c(F)c1. The Bertz CT molecular complexity index is 422. The first-order valence-corrected chi connectivity index (χ1v) is 5.10. The van der Waals surface area contributed by atoms with Gasteiger partial charge in [0.2, 0.25) is 5.91 Å². The zero-order valence-corrected chi connectivity index (χ0v) is 8.83. The Kier molecular flexibility index (Phi) is 2.78. The zero-order valence-electron chi connectivity index (χ0n) is 8.83. The lowest BCUT2D eigenvalue weighted by Crippen LogP contribution is -2.48. The quantitative estimate of drug-likeness (QED) is 0.672. The first-order valence-electron chi connectivity index (χ1n) is 5.10. The lowest BCUT2D eigenvalue weighted by Gasteiger charge is -2.30. The number of rotatable bonds is 1. The summed E-state index contributed by atoms with van der Waals surface area (Å²) < 4.78 is 13.2. The van der Waals surface area contributed by atoms with Gasteiger partial charge in [0.1, 0.15) is 0 Å². The lowest BCUT2D eigenvalue weighted by molar-refractivity contribution is -0.125. The van der Waals surface area contributed by atoms with E-state index < -0.39 is 5.82 Å². The number of carbonyl (C=O) groups is 1. The number of nitrogens with one attached hydrogen (secondary N) is 2. The third-order valence-corrected chi connectivity index (χ3v) is 2.77. The van der Waals surface area contributed by atoms with Gasteiger partial charge in [0.25, 0.3) is 0 Å². The number of carbonyl (C=O) groups excluding carboxylic acids is 1. The number of amides is 1. The molecule has 1 heterocycles. The third kappa shape index (κ3) is 1.99. The van der Waals surface area contributed by atoms with Gasteiger partial charge >= 0.3 is 0 Å². The van der Waals surface area contributed by atoms with Gasteiger partial charge in [0, 0.05) is 6.42 Å². The second-order valence-corrected chi connectivity index (χ2v) is 4.06. The lowest BCUT2D eigenvalue weighted by atomic mass is 9.91. The van der Waals surface area contributed by atoms with Crippen LogP contribution < -0.4 is 10.9 Å². The van der Waals surface area contributed by atoms with Gasteiger partial charge in [-0.1, -0.05) is 13.0 Å². The Morgan fingerprint density at radius 1 is 1.50 bits per heavy atom. The van der Waals surface area contributed by atoms with Crippen LogP contribution in [0.3, 0.4) is 0 Å². The van der Waals surface area contributed by atoms with Gasteiger partial charge < -0.3 is 5.11 Å². The summed E-state index contributed by atoms with van der Waals surface area (Å²) in [6.45, 7) is 1.92. The minimum atomic E-state index is -0.650. The van der Waals surface area contributed by atoms with Gasteiger partial charge in [-0.05, 0) is 23.6 Å². The maximum Gasteiger partial charge on any atom is 0.234 e. The van der Waals surface area contributed by atoms with Crippen LogP contribution in [0.4, 0.5) is 4.39 Å². The van der Waals surface area contributed by atoms with E-state index >= 15 is 0 Å². The summed E-state index contributed by atoms with van der Waals surface area (Å²) in [5.74, 6) is -1.000. The van der Waals surface area contributed by atoms with Gasteiger partial charge in [-0.3, -0.25) is 10.2 Å². The smallest absolute Gasteiger partial charge is 0.234 e. The van der Waals surface area contributed by atoms with E-state index in [4.69, 9.17) is 5.11 Å². The minimum Gasteiger partial charge on any atom is -0.505 e. The normalized spacial score (nSPS) is 25.2. The average Bonchev–Trinajstić information content (AvgIpc) is 2.22. The molecule has 0 saturated carbocycles. The highest BCUT2D eigenvalue weighted by Gasteiger charge is 2.27. The standard InChI is InChI=1S/C11H13FN2O2/c1-6-4-10(16)13-14-11(6)7-2-3-9(15)8(12)5-7/h2-3,5-6,11,14-15H,4H2,1H3,(H,13,16). The number of phenols is 1. The summed E-state index contributed by atoms with van der Waals surface area (Å²) in [6.07, 6.45) is 0.403. The second-order valence-electron chi connectivity index (χ2n) is 4.06. The molecule has 1 aromatic carbocycles. The molecule has 5 heteroatoms. The molecule has 4 nitrogen and oxygen atoms in total. The topological polar surface area (TPSA) is 61.4 Å². The Hall–Kier alpha value is -1.62. The zero-order chi connectivity index (χ0) is 11.7. The minimum absolute atomic E-state index is 0.0667. The van der Waals surface area contributed by atoms with Crippen LogP contribution in [-0.4, -0.2) is 11.0 Å².